The molecule has 0 spiro atoms. The zero-order valence-corrected chi connectivity index (χ0v) is 23.4. The molecule has 0 bridgehead atoms. The first-order valence-corrected chi connectivity index (χ1v) is 13.2. The van der Waals surface area contributed by atoms with Crippen LogP contribution in [0.25, 0.3) is 31.8 Å². The van der Waals surface area contributed by atoms with E-state index in [0.717, 1.165) is 11.1 Å². The summed E-state index contributed by atoms with van der Waals surface area (Å²) in [4.78, 5) is 32.1. The van der Waals surface area contributed by atoms with Crippen molar-refractivity contribution >= 4 is 56.0 Å². The van der Waals surface area contributed by atoms with Crippen LogP contribution in [-0.4, -0.2) is 60.2 Å². The number of benzene rings is 2. The Bertz CT molecular complexity index is 1760. The number of aromatic nitrogens is 4. The summed E-state index contributed by atoms with van der Waals surface area (Å²) in [7, 11) is 4.63. The van der Waals surface area contributed by atoms with Gasteiger partial charge in [-0.3, -0.25) is 4.90 Å². The summed E-state index contributed by atoms with van der Waals surface area (Å²) in [6.07, 6.45) is 1.45. The third-order valence-corrected chi connectivity index (χ3v) is 7.57. The Morgan fingerprint density at radius 2 is 1.90 bits per heavy atom. The molecule has 0 fully saturated rings. The van der Waals surface area contributed by atoms with Crippen molar-refractivity contribution in [3.05, 3.63) is 53.3 Å². The van der Waals surface area contributed by atoms with Crippen LogP contribution >= 0.6 is 22.9 Å². The average molecular weight is 580 g/mol. The second-order valence-electron chi connectivity index (χ2n) is 8.83. The van der Waals surface area contributed by atoms with Gasteiger partial charge in [0.25, 0.3) is 6.29 Å². The Balaban J connectivity index is 1.28. The number of rotatable bonds is 5. The van der Waals surface area contributed by atoms with E-state index in [9.17, 15) is 4.79 Å². The summed E-state index contributed by atoms with van der Waals surface area (Å²) in [6, 6.07) is 8.90. The van der Waals surface area contributed by atoms with Gasteiger partial charge in [-0.25, -0.2) is 24.7 Å². The van der Waals surface area contributed by atoms with Crippen LogP contribution in [0.3, 0.4) is 0 Å². The first-order chi connectivity index (χ1) is 19.3. The van der Waals surface area contributed by atoms with E-state index < -0.39 is 12.4 Å². The third-order valence-electron chi connectivity index (χ3n) is 6.20. The fourth-order valence-electron chi connectivity index (χ4n) is 4.22. The van der Waals surface area contributed by atoms with Crippen LogP contribution in [0.1, 0.15) is 5.56 Å². The van der Waals surface area contributed by atoms with Gasteiger partial charge in [0.05, 0.1) is 48.4 Å². The van der Waals surface area contributed by atoms with E-state index in [2.05, 4.69) is 15.0 Å². The van der Waals surface area contributed by atoms with Crippen LogP contribution in [0.5, 0.6) is 23.3 Å². The van der Waals surface area contributed by atoms with Gasteiger partial charge in [-0.2, -0.15) is 0 Å². The Labute approximate surface area is 237 Å². The first-order valence-electron chi connectivity index (χ1n) is 12.0. The van der Waals surface area contributed by atoms with E-state index in [1.165, 1.54) is 29.5 Å². The van der Waals surface area contributed by atoms with Gasteiger partial charge in [0, 0.05) is 24.7 Å². The van der Waals surface area contributed by atoms with Crippen molar-refractivity contribution in [1.82, 2.24) is 19.9 Å². The fraction of sp³-hybridized carbons (Fsp3) is 0.222. The van der Waals surface area contributed by atoms with E-state index in [4.69, 9.17) is 40.3 Å². The molecule has 1 atom stereocenters. The lowest BCUT2D eigenvalue weighted by atomic mass is 10.1. The van der Waals surface area contributed by atoms with Crippen LogP contribution in [-0.2, 0) is 4.74 Å². The van der Waals surface area contributed by atoms with Crippen molar-refractivity contribution in [1.29, 1.82) is 0 Å². The number of anilines is 1. The van der Waals surface area contributed by atoms with E-state index in [-0.39, 0.29) is 6.61 Å². The molecule has 2 aromatic carbocycles. The van der Waals surface area contributed by atoms with Crippen LogP contribution in [0.15, 0.2) is 42.7 Å². The van der Waals surface area contributed by atoms with Crippen molar-refractivity contribution in [3.8, 4) is 33.8 Å². The number of methoxy groups -OCH3 is 2. The van der Waals surface area contributed by atoms with Gasteiger partial charge in [0.2, 0.25) is 11.8 Å². The van der Waals surface area contributed by atoms with Gasteiger partial charge in [0.15, 0.2) is 18.1 Å². The molecule has 11 nitrogen and oxygen atoms in total. The van der Waals surface area contributed by atoms with Crippen molar-refractivity contribution in [3.63, 3.8) is 0 Å². The normalized spacial score (nSPS) is 14.3. The second kappa shape index (κ2) is 10.3. The highest BCUT2D eigenvalue weighted by Crippen LogP contribution is 2.47. The third kappa shape index (κ3) is 4.65. The number of carbonyl (C=O) groups excluding carboxylic acids is 1. The minimum atomic E-state index is -0.986. The lowest BCUT2D eigenvalue weighted by Crippen LogP contribution is -2.38. The van der Waals surface area contributed by atoms with Crippen molar-refractivity contribution < 1.29 is 28.5 Å². The zero-order chi connectivity index (χ0) is 28.0. The van der Waals surface area contributed by atoms with Crippen molar-refractivity contribution in [2.75, 3.05) is 32.8 Å². The zero-order valence-electron chi connectivity index (χ0n) is 21.8. The summed E-state index contributed by atoms with van der Waals surface area (Å²) in [6.45, 7) is 1.96. The molecular formula is C27H22ClN5O6S. The van der Waals surface area contributed by atoms with Gasteiger partial charge in [-0.05, 0) is 30.7 Å². The molecule has 0 N–H and O–H groups in total. The predicted molar refractivity (Wildman–Crippen MR) is 150 cm³/mol. The number of ether oxygens (including phenoxy) is 5. The van der Waals surface area contributed by atoms with Crippen LogP contribution in [0, 0.1) is 6.92 Å². The number of hydrogen-bond acceptors (Lipinski definition) is 11. The monoisotopic (exact) mass is 579 g/mol. The fourth-order valence-corrected chi connectivity index (χ4v) is 5.61. The largest absolute Gasteiger partial charge is 0.481 e. The van der Waals surface area contributed by atoms with E-state index in [0.29, 0.717) is 60.2 Å². The highest BCUT2D eigenvalue weighted by Gasteiger charge is 2.30. The number of carbonyl (C=O) groups is 1. The molecule has 3 aromatic heterocycles. The molecule has 1 aliphatic heterocycles. The van der Waals surface area contributed by atoms with Crippen LogP contribution < -0.4 is 23.8 Å². The summed E-state index contributed by atoms with van der Waals surface area (Å²) in [5.41, 5.74) is 4.30. The van der Waals surface area contributed by atoms with Gasteiger partial charge in [-0.1, -0.05) is 11.6 Å². The van der Waals surface area contributed by atoms with Gasteiger partial charge in [0.1, 0.15) is 15.2 Å². The van der Waals surface area contributed by atoms with E-state index in [1.807, 2.05) is 19.1 Å². The Morgan fingerprint density at radius 3 is 2.65 bits per heavy atom. The molecule has 204 valence electrons. The molecule has 1 amide bonds. The number of fused-ring (bicyclic) bond motifs is 4. The molecule has 13 heteroatoms. The molecule has 0 aliphatic carbocycles. The van der Waals surface area contributed by atoms with E-state index >= 15 is 0 Å². The quantitative estimate of drug-likeness (QED) is 0.258. The highest BCUT2D eigenvalue weighted by molar-refractivity contribution is 7.22. The number of halogens is 1. The standard InChI is InChI=1S/C27H22ClN5O6S/c1-13-7-15(22-17(8-13)31-20(36-4)11-30-22)26-32-23-16(28)9-18-24(25(23)40-26)37-12-21(38-18)39-27(34)33(2)14-5-6-19(35-3)29-10-14/h5-11,21H,12H2,1-4H3/t21-/m0/s1. The lowest BCUT2D eigenvalue weighted by molar-refractivity contribution is -0.0717. The smallest absolute Gasteiger partial charge is 0.417 e. The van der Waals surface area contributed by atoms with E-state index in [1.54, 1.807) is 38.6 Å². The number of aryl methyl sites for hydroxylation is 1. The number of hydrogen-bond donors (Lipinski definition) is 0. The number of nitrogens with zero attached hydrogens (tertiary/aromatic N) is 5. The maximum atomic E-state index is 12.7. The van der Waals surface area contributed by atoms with Gasteiger partial charge < -0.3 is 23.7 Å². The molecule has 0 saturated heterocycles. The van der Waals surface area contributed by atoms with Gasteiger partial charge >= 0.3 is 6.09 Å². The predicted octanol–water partition coefficient (Wildman–Crippen LogP) is 5.65. The Hall–Kier alpha value is -4.42. The molecule has 6 rings (SSSR count). The summed E-state index contributed by atoms with van der Waals surface area (Å²) in [5, 5.41) is 1.07. The molecule has 5 aromatic rings. The lowest BCUT2D eigenvalue weighted by Gasteiger charge is -2.28. The minimum absolute atomic E-state index is 0.0178. The molecule has 0 radical (unpaired) electrons. The minimum Gasteiger partial charge on any atom is -0.481 e. The maximum Gasteiger partial charge on any atom is 0.417 e. The van der Waals surface area contributed by atoms with Gasteiger partial charge in [-0.15, -0.1) is 11.3 Å². The maximum absolute atomic E-state index is 12.7. The number of thiazole rings is 1. The summed E-state index contributed by atoms with van der Waals surface area (Å²) >= 11 is 8.02. The molecule has 40 heavy (non-hydrogen) atoms. The second-order valence-corrected chi connectivity index (χ2v) is 10.2. The number of amides is 1. The highest BCUT2D eigenvalue weighted by atomic mass is 35.5. The van der Waals surface area contributed by atoms with Crippen LogP contribution in [0.4, 0.5) is 10.5 Å². The average Bonchev–Trinajstić information content (AvgIpc) is 3.42. The number of pyridine rings is 1. The molecular weight excluding hydrogens is 558 g/mol. The summed E-state index contributed by atoms with van der Waals surface area (Å²) < 4.78 is 28.5. The molecule has 1 aliphatic rings. The molecule has 4 heterocycles. The Kier molecular flexibility index (Phi) is 6.64. The Morgan fingerprint density at radius 1 is 1.07 bits per heavy atom. The SMILES string of the molecule is COc1ccc(N(C)C(=O)O[C@H]2COc3c(cc(Cl)c4nc(-c5cc(C)cc6nc(OC)cnc56)sc34)O2)cn1. The topological polar surface area (TPSA) is 118 Å². The van der Waals surface area contributed by atoms with Crippen molar-refractivity contribution in [2.45, 2.75) is 13.2 Å². The molecule has 0 saturated carbocycles. The van der Waals surface area contributed by atoms with Crippen molar-refractivity contribution in [2.24, 2.45) is 0 Å². The molecule has 0 unspecified atom stereocenters. The summed E-state index contributed by atoms with van der Waals surface area (Å²) in [5.74, 6) is 1.69. The first kappa shape index (κ1) is 25.8. The van der Waals surface area contributed by atoms with Crippen LogP contribution in [0.2, 0.25) is 5.02 Å².